The highest BCUT2D eigenvalue weighted by atomic mass is 32.2. The molecule has 1 atom stereocenters. The smallest absolute Gasteiger partial charge is 0.323 e. The highest BCUT2D eigenvalue weighted by Gasteiger charge is 2.22. The lowest BCUT2D eigenvalue weighted by Crippen LogP contribution is -2.43. The molecule has 146 valence electrons. The number of carboxylic acid groups (broad SMARTS) is 1. The van der Waals surface area contributed by atoms with Crippen LogP contribution in [0.4, 0.5) is 0 Å². The molecule has 9 heteroatoms. The summed E-state index contributed by atoms with van der Waals surface area (Å²) in [5, 5.41) is 8.93. The number of benzene rings is 1. The molecule has 1 rings (SSSR count). The largest absolute Gasteiger partial charge is 0.494 e. The third-order valence-electron chi connectivity index (χ3n) is 3.82. The number of ether oxygens (including phenoxy) is 1. The number of carbonyl (C=O) groups excluding carboxylic acids is 1. The Labute approximate surface area is 154 Å². The van der Waals surface area contributed by atoms with E-state index in [1.807, 2.05) is 13.8 Å². The molecular weight excluding hydrogens is 360 g/mol. The number of rotatable bonds is 11. The van der Waals surface area contributed by atoms with Crippen LogP contribution in [-0.2, 0) is 19.6 Å². The number of carboxylic acids is 1. The number of carbonyl (C=O) groups is 2. The molecular formula is C17H26N2O6S. The number of nitrogens with one attached hydrogen (secondary N) is 1. The van der Waals surface area contributed by atoms with E-state index in [0.717, 1.165) is 0 Å². The Balaban J connectivity index is 2.66. The van der Waals surface area contributed by atoms with Crippen molar-refractivity contribution in [3.63, 3.8) is 0 Å². The van der Waals surface area contributed by atoms with E-state index in [9.17, 15) is 18.0 Å². The van der Waals surface area contributed by atoms with Gasteiger partial charge in [0.25, 0.3) is 0 Å². The highest BCUT2D eigenvalue weighted by molar-refractivity contribution is 7.89. The zero-order valence-electron chi connectivity index (χ0n) is 15.3. The van der Waals surface area contributed by atoms with Gasteiger partial charge in [-0.25, -0.2) is 13.1 Å². The van der Waals surface area contributed by atoms with Crippen molar-refractivity contribution < 1.29 is 27.9 Å². The Morgan fingerprint density at radius 3 is 2.35 bits per heavy atom. The number of aliphatic carboxylic acids is 1. The average Bonchev–Trinajstić information content (AvgIpc) is 2.59. The predicted molar refractivity (Wildman–Crippen MR) is 96.5 cm³/mol. The normalized spacial score (nSPS) is 12.4. The molecule has 1 unspecified atom stereocenters. The van der Waals surface area contributed by atoms with Crippen LogP contribution in [0.2, 0.25) is 0 Å². The van der Waals surface area contributed by atoms with Crippen LogP contribution >= 0.6 is 0 Å². The second-order valence-corrected chi connectivity index (χ2v) is 7.49. The van der Waals surface area contributed by atoms with Crippen molar-refractivity contribution in [3.05, 3.63) is 24.3 Å². The van der Waals surface area contributed by atoms with Crippen molar-refractivity contribution in [2.75, 3.05) is 19.7 Å². The molecule has 26 heavy (non-hydrogen) atoms. The van der Waals surface area contributed by atoms with E-state index < -0.39 is 28.4 Å². The van der Waals surface area contributed by atoms with E-state index in [4.69, 9.17) is 9.84 Å². The van der Waals surface area contributed by atoms with Gasteiger partial charge in [0, 0.05) is 19.0 Å². The first-order valence-electron chi connectivity index (χ1n) is 8.45. The highest BCUT2D eigenvalue weighted by Crippen LogP contribution is 2.16. The number of hydrogen-bond donors (Lipinski definition) is 2. The maximum Gasteiger partial charge on any atom is 0.323 e. The second-order valence-electron chi connectivity index (χ2n) is 5.72. The van der Waals surface area contributed by atoms with E-state index in [0.29, 0.717) is 18.8 Å². The second kappa shape index (κ2) is 10.1. The van der Waals surface area contributed by atoms with E-state index in [1.165, 1.54) is 17.0 Å². The molecule has 1 aromatic carbocycles. The first-order valence-corrected chi connectivity index (χ1v) is 9.93. The average molecular weight is 386 g/mol. The molecule has 0 aromatic heterocycles. The molecule has 1 aromatic rings. The fourth-order valence-electron chi connectivity index (χ4n) is 2.26. The van der Waals surface area contributed by atoms with Gasteiger partial charge in [0.2, 0.25) is 15.9 Å². The van der Waals surface area contributed by atoms with E-state index in [2.05, 4.69) is 4.72 Å². The molecule has 1 amide bonds. The van der Waals surface area contributed by atoms with Gasteiger partial charge in [-0.05, 0) is 44.5 Å². The van der Waals surface area contributed by atoms with Gasteiger partial charge >= 0.3 is 5.97 Å². The van der Waals surface area contributed by atoms with Gasteiger partial charge in [-0.3, -0.25) is 9.59 Å². The van der Waals surface area contributed by atoms with E-state index in [1.54, 1.807) is 19.1 Å². The third kappa shape index (κ3) is 6.64. The summed E-state index contributed by atoms with van der Waals surface area (Å²) in [5.74, 6) is -0.941. The summed E-state index contributed by atoms with van der Waals surface area (Å²) in [6, 6.07) is 5.72. The number of amides is 1. The van der Waals surface area contributed by atoms with Gasteiger partial charge < -0.3 is 14.7 Å². The topological polar surface area (TPSA) is 113 Å². The summed E-state index contributed by atoms with van der Waals surface area (Å²) in [7, 11) is -3.75. The molecule has 0 aliphatic carbocycles. The Kier molecular flexibility index (Phi) is 8.53. The Morgan fingerprint density at radius 2 is 1.85 bits per heavy atom. The lowest BCUT2D eigenvalue weighted by atomic mass is 10.2. The summed E-state index contributed by atoms with van der Waals surface area (Å²) in [6.07, 6.45) is 0.491. The minimum absolute atomic E-state index is 0.0673. The zero-order chi connectivity index (χ0) is 19.7. The molecule has 0 aliphatic heterocycles. The van der Waals surface area contributed by atoms with Crippen LogP contribution in [0.1, 0.15) is 33.6 Å². The molecule has 0 saturated carbocycles. The SMILES string of the molecule is CCOc1ccc(S(=O)(=O)NCCC(=O)N(CC(=O)O)C(C)CC)cc1. The van der Waals surface area contributed by atoms with Crippen LogP contribution < -0.4 is 9.46 Å². The third-order valence-corrected chi connectivity index (χ3v) is 5.30. The first-order chi connectivity index (χ1) is 12.2. The van der Waals surface area contributed by atoms with Crippen LogP contribution in [-0.4, -0.2) is 56.0 Å². The fraction of sp³-hybridized carbons (Fsp3) is 0.529. The Bertz CT molecular complexity index is 702. The van der Waals surface area contributed by atoms with Crippen molar-refractivity contribution in [1.82, 2.24) is 9.62 Å². The van der Waals surface area contributed by atoms with Crippen molar-refractivity contribution in [1.29, 1.82) is 0 Å². The van der Waals surface area contributed by atoms with Crippen LogP contribution in [0.3, 0.4) is 0 Å². The number of sulfonamides is 1. The molecule has 0 fully saturated rings. The quantitative estimate of drug-likeness (QED) is 0.595. The van der Waals surface area contributed by atoms with Gasteiger partial charge in [0.1, 0.15) is 12.3 Å². The van der Waals surface area contributed by atoms with Crippen LogP contribution in [0.25, 0.3) is 0 Å². The number of hydrogen-bond acceptors (Lipinski definition) is 5. The van der Waals surface area contributed by atoms with Gasteiger partial charge in [0.15, 0.2) is 0 Å². The predicted octanol–water partition coefficient (Wildman–Crippen LogP) is 1.47. The number of nitrogens with zero attached hydrogens (tertiary/aromatic N) is 1. The van der Waals surface area contributed by atoms with Crippen LogP contribution in [0.15, 0.2) is 29.2 Å². The lowest BCUT2D eigenvalue weighted by molar-refractivity contribution is -0.146. The van der Waals surface area contributed by atoms with Crippen molar-refractivity contribution in [2.45, 2.75) is 44.6 Å². The molecule has 0 aliphatic rings. The molecule has 0 heterocycles. The van der Waals surface area contributed by atoms with Crippen LogP contribution in [0, 0.1) is 0 Å². The minimum atomic E-state index is -3.75. The zero-order valence-corrected chi connectivity index (χ0v) is 16.1. The fourth-order valence-corrected chi connectivity index (χ4v) is 3.29. The standard InChI is InChI=1S/C17H26N2O6S/c1-4-13(3)19(12-17(21)22)16(20)10-11-18-26(23,24)15-8-6-14(7-9-15)25-5-2/h6-9,13,18H,4-5,10-12H2,1-3H3,(H,21,22). The Morgan fingerprint density at radius 1 is 1.23 bits per heavy atom. The summed E-state index contributed by atoms with van der Waals surface area (Å²) in [6.45, 7) is 5.40. The lowest BCUT2D eigenvalue weighted by Gasteiger charge is -2.27. The molecule has 0 bridgehead atoms. The van der Waals surface area contributed by atoms with Gasteiger partial charge in [-0.1, -0.05) is 6.92 Å². The minimum Gasteiger partial charge on any atom is -0.494 e. The first kappa shape index (κ1) is 21.9. The molecule has 8 nitrogen and oxygen atoms in total. The molecule has 0 saturated heterocycles. The molecule has 0 radical (unpaired) electrons. The van der Waals surface area contributed by atoms with E-state index >= 15 is 0 Å². The summed E-state index contributed by atoms with van der Waals surface area (Å²) in [4.78, 5) is 24.5. The van der Waals surface area contributed by atoms with E-state index in [-0.39, 0.29) is 23.9 Å². The maximum atomic E-state index is 12.2. The van der Waals surface area contributed by atoms with Crippen molar-refractivity contribution in [2.24, 2.45) is 0 Å². The van der Waals surface area contributed by atoms with Gasteiger partial charge in [-0.15, -0.1) is 0 Å². The Hall–Kier alpha value is -2.13. The van der Waals surface area contributed by atoms with Crippen molar-refractivity contribution in [3.8, 4) is 5.75 Å². The maximum absolute atomic E-state index is 12.2. The van der Waals surface area contributed by atoms with Gasteiger partial charge in [-0.2, -0.15) is 0 Å². The summed E-state index contributed by atoms with van der Waals surface area (Å²) in [5.41, 5.74) is 0. The summed E-state index contributed by atoms with van der Waals surface area (Å²) < 4.78 is 32.1. The van der Waals surface area contributed by atoms with Crippen LogP contribution in [0.5, 0.6) is 5.75 Å². The molecule has 2 N–H and O–H groups in total. The van der Waals surface area contributed by atoms with Crippen molar-refractivity contribution >= 4 is 21.9 Å². The summed E-state index contributed by atoms with van der Waals surface area (Å²) >= 11 is 0. The van der Waals surface area contributed by atoms with Gasteiger partial charge in [0.05, 0.1) is 11.5 Å². The monoisotopic (exact) mass is 386 g/mol. The molecule has 0 spiro atoms.